The van der Waals surface area contributed by atoms with E-state index in [-0.39, 0.29) is 5.82 Å². The quantitative estimate of drug-likeness (QED) is 0.682. The topological polar surface area (TPSA) is 26.0 Å². The number of fused-ring (bicyclic) bond motifs is 1. The van der Waals surface area contributed by atoms with Crippen molar-refractivity contribution in [3.63, 3.8) is 0 Å². The Bertz CT molecular complexity index is 740. The third kappa shape index (κ3) is 2.29. The summed E-state index contributed by atoms with van der Waals surface area (Å²) in [7, 11) is 0. The predicted molar refractivity (Wildman–Crippen MR) is 78.9 cm³/mol. The van der Waals surface area contributed by atoms with Crippen molar-refractivity contribution in [2.75, 3.05) is 5.73 Å². The van der Waals surface area contributed by atoms with Crippen LogP contribution in [0.4, 0.5) is 10.1 Å². The fourth-order valence-electron chi connectivity index (χ4n) is 2.01. The number of hydrogen-bond acceptors (Lipinski definition) is 2. The van der Waals surface area contributed by atoms with Crippen LogP contribution in [0.5, 0.6) is 0 Å². The van der Waals surface area contributed by atoms with Crippen LogP contribution in [0, 0.1) is 5.82 Å². The second-order valence-corrected chi connectivity index (χ2v) is 5.29. The van der Waals surface area contributed by atoms with Gasteiger partial charge in [0.05, 0.1) is 0 Å². The first-order valence-corrected chi connectivity index (χ1v) is 6.77. The molecular weight excluding hydrogens is 257 g/mol. The van der Waals surface area contributed by atoms with Crippen LogP contribution in [-0.2, 0) is 0 Å². The zero-order valence-electron chi connectivity index (χ0n) is 10.1. The predicted octanol–water partition coefficient (Wildman–Crippen LogP) is 4.71. The molecule has 0 aromatic heterocycles. The molecule has 19 heavy (non-hydrogen) atoms. The molecule has 0 amide bonds. The Morgan fingerprint density at radius 1 is 0.842 bits per heavy atom. The Balaban J connectivity index is 2.15. The van der Waals surface area contributed by atoms with Gasteiger partial charge in [-0.05, 0) is 29.0 Å². The van der Waals surface area contributed by atoms with Gasteiger partial charge >= 0.3 is 0 Å². The second-order valence-electron chi connectivity index (χ2n) is 4.24. The van der Waals surface area contributed by atoms with Crippen LogP contribution >= 0.6 is 11.8 Å². The summed E-state index contributed by atoms with van der Waals surface area (Å²) in [5.41, 5.74) is 6.71. The highest BCUT2D eigenvalue weighted by Gasteiger charge is 2.09. The highest BCUT2D eigenvalue weighted by atomic mass is 32.2. The number of benzene rings is 3. The highest BCUT2D eigenvalue weighted by molar-refractivity contribution is 7.99. The molecular formula is C16H12FNS. The molecule has 0 radical (unpaired) electrons. The average molecular weight is 269 g/mol. The van der Waals surface area contributed by atoms with E-state index in [2.05, 4.69) is 0 Å². The summed E-state index contributed by atoms with van der Waals surface area (Å²) in [6, 6.07) is 18.6. The number of halogens is 1. The van der Waals surface area contributed by atoms with Gasteiger partial charge < -0.3 is 5.73 Å². The monoisotopic (exact) mass is 269 g/mol. The Morgan fingerprint density at radius 2 is 1.58 bits per heavy atom. The van der Waals surface area contributed by atoms with E-state index < -0.39 is 0 Å². The lowest BCUT2D eigenvalue weighted by Crippen LogP contribution is -1.90. The van der Waals surface area contributed by atoms with Gasteiger partial charge in [-0.2, -0.15) is 0 Å². The third-order valence-corrected chi connectivity index (χ3v) is 4.17. The summed E-state index contributed by atoms with van der Waals surface area (Å²) in [6.07, 6.45) is 0. The Labute approximate surface area is 115 Å². The van der Waals surface area contributed by atoms with Gasteiger partial charge in [-0.25, -0.2) is 4.39 Å². The molecule has 3 rings (SSSR count). The van der Waals surface area contributed by atoms with Gasteiger partial charge in [0.15, 0.2) is 0 Å². The maximum Gasteiger partial charge on any atom is 0.137 e. The molecule has 0 saturated heterocycles. The summed E-state index contributed by atoms with van der Waals surface area (Å²) in [6.45, 7) is 0. The lowest BCUT2D eigenvalue weighted by atomic mass is 10.1. The molecule has 94 valence electrons. The van der Waals surface area contributed by atoms with E-state index in [0.29, 0.717) is 10.6 Å². The summed E-state index contributed by atoms with van der Waals surface area (Å²) in [5, 5.41) is 2.16. The van der Waals surface area contributed by atoms with Crippen LogP contribution in [0.2, 0.25) is 0 Å². The van der Waals surface area contributed by atoms with Crippen molar-refractivity contribution in [2.45, 2.75) is 9.79 Å². The van der Waals surface area contributed by atoms with Gasteiger partial charge in [-0.15, -0.1) is 0 Å². The minimum Gasteiger partial charge on any atom is -0.398 e. The Kier molecular flexibility index (Phi) is 3.13. The first kappa shape index (κ1) is 12.1. The van der Waals surface area contributed by atoms with Crippen molar-refractivity contribution < 1.29 is 4.39 Å². The van der Waals surface area contributed by atoms with Crippen LogP contribution in [0.25, 0.3) is 10.8 Å². The van der Waals surface area contributed by atoms with Crippen molar-refractivity contribution in [3.05, 3.63) is 66.5 Å². The van der Waals surface area contributed by atoms with Crippen molar-refractivity contribution in [2.24, 2.45) is 0 Å². The minimum atomic E-state index is -0.222. The van der Waals surface area contributed by atoms with Crippen LogP contribution in [0.3, 0.4) is 0 Å². The van der Waals surface area contributed by atoms with Crippen LogP contribution < -0.4 is 5.73 Å². The molecule has 0 unspecified atom stereocenters. The van der Waals surface area contributed by atoms with Gasteiger partial charge in [0.1, 0.15) is 5.82 Å². The SMILES string of the molecule is Nc1ccc2ccccc2c1Sc1ccccc1F. The van der Waals surface area contributed by atoms with E-state index in [0.717, 1.165) is 15.7 Å². The lowest BCUT2D eigenvalue weighted by molar-refractivity contribution is 0.602. The fourth-order valence-corrected chi connectivity index (χ4v) is 3.03. The van der Waals surface area contributed by atoms with E-state index in [1.54, 1.807) is 12.1 Å². The molecule has 0 spiro atoms. The summed E-state index contributed by atoms with van der Waals surface area (Å²) in [4.78, 5) is 1.49. The van der Waals surface area contributed by atoms with Crippen molar-refractivity contribution in [1.82, 2.24) is 0 Å². The van der Waals surface area contributed by atoms with Crippen molar-refractivity contribution in [3.8, 4) is 0 Å². The molecule has 2 N–H and O–H groups in total. The molecule has 3 aromatic carbocycles. The number of nitrogens with two attached hydrogens (primary N) is 1. The maximum atomic E-state index is 13.7. The van der Waals surface area contributed by atoms with E-state index in [1.165, 1.54) is 17.8 Å². The Morgan fingerprint density at radius 3 is 2.42 bits per heavy atom. The van der Waals surface area contributed by atoms with Crippen molar-refractivity contribution in [1.29, 1.82) is 0 Å². The number of anilines is 1. The molecule has 0 bridgehead atoms. The minimum absolute atomic E-state index is 0.222. The van der Waals surface area contributed by atoms with E-state index in [4.69, 9.17) is 5.73 Å². The molecule has 3 aromatic rings. The van der Waals surface area contributed by atoms with Gasteiger partial charge in [0, 0.05) is 15.5 Å². The number of nitrogen functional groups attached to an aromatic ring is 1. The normalized spacial score (nSPS) is 10.8. The molecule has 0 aliphatic heterocycles. The molecule has 0 heterocycles. The van der Waals surface area contributed by atoms with Crippen LogP contribution in [-0.4, -0.2) is 0 Å². The van der Waals surface area contributed by atoms with Gasteiger partial charge in [-0.1, -0.05) is 54.2 Å². The number of rotatable bonds is 2. The average Bonchev–Trinajstić information content (AvgIpc) is 2.44. The summed E-state index contributed by atoms with van der Waals surface area (Å²) >= 11 is 1.37. The molecule has 3 heteroatoms. The highest BCUT2D eigenvalue weighted by Crippen LogP contribution is 2.38. The summed E-state index contributed by atoms with van der Waals surface area (Å²) in [5.74, 6) is -0.222. The van der Waals surface area contributed by atoms with E-state index >= 15 is 0 Å². The fraction of sp³-hybridized carbons (Fsp3) is 0. The molecule has 0 atom stereocenters. The first-order chi connectivity index (χ1) is 9.25. The smallest absolute Gasteiger partial charge is 0.137 e. The van der Waals surface area contributed by atoms with E-state index in [1.807, 2.05) is 42.5 Å². The second kappa shape index (κ2) is 4.94. The molecule has 0 aliphatic carbocycles. The largest absolute Gasteiger partial charge is 0.398 e. The summed E-state index contributed by atoms with van der Waals surface area (Å²) < 4.78 is 13.7. The van der Waals surface area contributed by atoms with Gasteiger partial charge in [0.25, 0.3) is 0 Å². The molecule has 0 fully saturated rings. The third-order valence-electron chi connectivity index (χ3n) is 2.96. The number of hydrogen-bond donors (Lipinski definition) is 1. The zero-order valence-corrected chi connectivity index (χ0v) is 11.0. The lowest BCUT2D eigenvalue weighted by Gasteiger charge is -2.10. The van der Waals surface area contributed by atoms with Crippen molar-refractivity contribution >= 4 is 28.2 Å². The van der Waals surface area contributed by atoms with Gasteiger partial charge in [0.2, 0.25) is 0 Å². The molecule has 1 nitrogen and oxygen atoms in total. The van der Waals surface area contributed by atoms with E-state index in [9.17, 15) is 4.39 Å². The molecule has 0 aliphatic rings. The Hall–Kier alpha value is -2.00. The van der Waals surface area contributed by atoms with Gasteiger partial charge in [-0.3, -0.25) is 0 Å². The van der Waals surface area contributed by atoms with Crippen LogP contribution in [0.15, 0.2) is 70.5 Å². The standard InChI is InChI=1S/C16H12FNS/c17-13-7-3-4-8-15(13)19-16-12-6-2-1-5-11(12)9-10-14(16)18/h1-10H,18H2. The maximum absolute atomic E-state index is 13.7. The molecule has 0 saturated carbocycles. The zero-order chi connectivity index (χ0) is 13.2. The first-order valence-electron chi connectivity index (χ1n) is 5.95. The van der Waals surface area contributed by atoms with Crippen LogP contribution in [0.1, 0.15) is 0 Å².